The molecule has 1 aromatic heterocycles. The van der Waals surface area contributed by atoms with Crippen molar-refractivity contribution in [3.63, 3.8) is 0 Å². The number of para-hydroxylation sites is 3. The van der Waals surface area contributed by atoms with E-state index in [1.54, 1.807) is 0 Å². The molecule has 0 atom stereocenters. The van der Waals surface area contributed by atoms with Gasteiger partial charge in [0.05, 0.1) is 23.2 Å². The Hall–Kier alpha value is -2.74. The van der Waals surface area contributed by atoms with Gasteiger partial charge in [-0.25, -0.2) is 0 Å². The quantitative estimate of drug-likeness (QED) is 0.311. The van der Waals surface area contributed by atoms with Gasteiger partial charge in [-0.2, -0.15) is 13.2 Å². The van der Waals surface area contributed by atoms with Gasteiger partial charge in [0.25, 0.3) is 0 Å². The topological polar surface area (TPSA) is 46.2 Å². The highest BCUT2D eigenvalue weighted by Gasteiger charge is 2.33. The van der Waals surface area contributed by atoms with Crippen molar-refractivity contribution >= 4 is 11.0 Å². The predicted molar refractivity (Wildman–Crippen MR) is 129 cm³/mol. The number of hydrogen-bond donors (Lipinski definition) is 1. The van der Waals surface area contributed by atoms with Crippen LogP contribution in [0.25, 0.3) is 11.0 Å². The monoisotopic (exact) mass is 476 g/mol. The van der Waals surface area contributed by atoms with Crippen molar-refractivity contribution in [2.45, 2.75) is 58.8 Å². The van der Waals surface area contributed by atoms with E-state index in [1.807, 2.05) is 33.4 Å². The zero-order valence-electron chi connectivity index (χ0n) is 20.1. The van der Waals surface area contributed by atoms with Crippen LogP contribution in [0, 0.1) is 5.41 Å². The van der Waals surface area contributed by atoms with E-state index in [1.165, 1.54) is 18.2 Å². The maximum Gasteiger partial charge on any atom is 0.419 e. The molecule has 0 fully saturated rings. The Bertz CT molecular complexity index is 1100. The lowest BCUT2D eigenvalue weighted by Crippen LogP contribution is -2.29. The fraction of sp³-hybridized carbons (Fsp3) is 0.500. The van der Waals surface area contributed by atoms with E-state index in [9.17, 15) is 13.2 Å². The lowest BCUT2D eigenvalue weighted by Gasteiger charge is -2.20. The Kier molecular flexibility index (Phi) is 9.21. The summed E-state index contributed by atoms with van der Waals surface area (Å²) >= 11 is 0. The minimum Gasteiger partial charge on any atom is -0.493 e. The van der Waals surface area contributed by atoms with Gasteiger partial charge in [-0.1, -0.05) is 38.1 Å². The number of ether oxygens (including phenoxy) is 1. The van der Waals surface area contributed by atoms with Crippen molar-refractivity contribution in [3.8, 4) is 5.75 Å². The summed E-state index contributed by atoms with van der Waals surface area (Å²) < 4.78 is 49.0. The number of benzene rings is 2. The summed E-state index contributed by atoms with van der Waals surface area (Å²) in [4.78, 5) is 2.47. The molecule has 3 rings (SSSR count). The van der Waals surface area contributed by atoms with Crippen molar-refractivity contribution in [1.29, 1.82) is 5.41 Å². The normalized spacial score (nSPS) is 12.1. The summed E-state index contributed by atoms with van der Waals surface area (Å²) in [6, 6.07) is 13.2. The van der Waals surface area contributed by atoms with Crippen molar-refractivity contribution < 1.29 is 17.9 Å². The number of imidazole rings is 1. The van der Waals surface area contributed by atoms with E-state index >= 15 is 0 Å². The van der Waals surface area contributed by atoms with Crippen LogP contribution in [0.4, 0.5) is 13.2 Å². The first kappa shape index (κ1) is 25.9. The number of fused-ring (bicyclic) bond motifs is 1. The zero-order chi connectivity index (χ0) is 24.6. The molecule has 8 heteroatoms. The molecule has 34 heavy (non-hydrogen) atoms. The van der Waals surface area contributed by atoms with Gasteiger partial charge in [-0.3, -0.25) is 5.41 Å². The van der Waals surface area contributed by atoms with Crippen molar-refractivity contribution in [2.24, 2.45) is 0 Å². The summed E-state index contributed by atoms with van der Waals surface area (Å²) in [6.07, 6.45) is -0.728. The first-order valence-electron chi connectivity index (χ1n) is 12.1. The zero-order valence-corrected chi connectivity index (χ0v) is 20.1. The first-order valence-corrected chi connectivity index (χ1v) is 12.1. The summed E-state index contributed by atoms with van der Waals surface area (Å²) in [6.45, 7) is 8.96. The van der Waals surface area contributed by atoms with Crippen LogP contribution in [0.15, 0.2) is 48.5 Å². The Labute approximate surface area is 199 Å². The van der Waals surface area contributed by atoms with Gasteiger partial charge in [0, 0.05) is 13.1 Å². The van der Waals surface area contributed by atoms with Crippen LogP contribution >= 0.6 is 0 Å². The number of nitrogens with one attached hydrogen (secondary N) is 1. The number of rotatable bonds is 13. The lowest BCUT2D eigenvalue weighted by atomic mass is 10.2. The summed E-state index contributed by atoms with van der Waals surface area (Å²) in [5.74, 6) is -0.155. The predicted octanol–water partition coefficient (Wildman–Crippen LogP) is 5.92. The molecule has 0 radical (unpaired) electrons. The van der Waals surface area contributed by atoms with Gasteiger partial charge >= 0.3 is 6.18 Å². The number of hydrogen-bond acceptors (Lipinski definition) is 3. The van der Waals surface area contributed by atoms with E-state index in [0.717, 1.165) is 62.5 Å². The fourth-order valence-corrected chi connectivity index (χ4v) is 4.40. The second-order valence-electron chi connectivity index (χ2n) is 8.51. The molecule has 3 aromatic rings. The summed E-state index contributed by atoms with van der Waals surface area (Å²) in [5, 5.41) is 8.76. The van der Waals surface area contributed by atoms with E-state index in [0.29, 0.717) is 18.6 Å². The molecule has 2 aromatic carbocycles. The average molecular weight is 477 g/mol. The molecule has 1 heterocycles. The highest BCUT2D eigenvalue weighted by molar-refractivity contribution is 5.75. The average Bonchev–Trinajstić information content (AvgIpc) is 3.07. The molecule has 0 aliphatic carbocycles. The molecule has 186 valence electrons. The Morgan fingerprint density at radius 1 is 0.824 bits per heavy atom. The molecular weight excluding hydrogens is 441 g/mol. The molecule has 0 aliphatic heterocycles. The van der Waals surface area contributed by atoms with Gasteiger partial charge in [0.15, 0.2) is 0 Å². The second-order valence-corrected chi connectivity index (χ2v) is 8.51. The van der Waals surface area contributed by atoms with Crippen molar-refractivity contribution in [2.75, 3.05) is 26.2 Å². The van der Waals surface area contributed by atoms with E-state index in [-0.39, 0.29) is 12.4 Å². The summed E-state index contributed by atoms with van der Waals surface area (Å²) in [7, 11) is 0. The van der Waals surface area contributed by atoms with Crippen LogP contribution in [0.1, 0.15) is 45.1 Å². The Morgan fingerprint density at radius 3 is 1.97 bits per heavy atom. The van der Waals surface area contributed by atoms with Gasteiger partial charge in [0.2, 0.25) is 5.62 Å². The fourth-order valence-electron chi connectivity index (χ4n) is 4.40. The molecule has 0 saturated heterocycles. The molecule has 0 saturated carbocycles. The highest BCUT2D eigenvalue weighted by Crippen LogP contribution is 2.35. The molecule has 5 nitrogen and oxygen atoms in total. The number of halogens is 3. The van der Waals surface area contributed by atoms with E-state index in [2.05, 4.69) is 18.7 Å². The third-order valence-electron chi connectivity index (χ3n) is 5.89. The third-order valence-corrected chi connectivity index (χ3v) is 5.89. The van der Waals surface area contributed by atoms with Crippen LogP contribution in [0.3, 0.4) is 0 Å². The highest BCUT2D eigenvalue weighted by atomic mass is 19.4. The molecular formula is C26H35F3N4O. The number of aryl methyl sites for hydroxylation is 2. The number of alkyl halides is 3. The molecule has 0 bridgehead atoms. The number of aromatic nitrogens is 2. The van der Waals surface area contributed by atoms with Crippen LogP contribution < -0.4 is 10.4 Å². The van der Waals surface area contributed by atoms with Crippen LogP contribution in [-0.2, 0) is 19.3 Å². The van der Waals surface area contributed by atoms with E-state index < -0.39 is 11.7 Å². The van der Waals surface area contributed by atoms with Gasteiger partial charge in [-0.15, -0.1) is 0 Å². The minimum atomic E-state index is -4.45. The SMILES string of the molecule is CCCN(CCC)CCCn1c(=N)n(CCCOc2ccccc2C(F)(F)F)c2ccccc21. The van der Waals surface area contributed by atoms with Gasteiger partial charge in [-0.05, 0) is 69.6 Å². The van der Waals surface area contributed by atoms with E-state index in [4.69, 9.17) is 10.1 Å². The maximum absolute atomic E-state index is 13.2. The maximum atomic E-state index is 13.2. The van der Waals surface area contributed by atoms with Crippen LogP contribution in [0.5, 0.6) is 5.75 Å². The third kappa shape index (κ3) is 6.44. The molecule has 0 aliphatic rings. The van der Waals surface area contributed by atoms with Crippen LogP contribution in [0.2, 0.25) is 0 Å². The standard InChI is InChI=1S/C26H35F3N4O/c1-3-15-31(16-4-2)17-9-18-32-22-12-6-7-13-23(22)33(25(32)30)19-10-20-34-24-14-8-5-11-21(24)26(27,28)29/h5-8,11-14,30H,3-4,9-10,15-20H2,1-2H3. The first-order chi connectivity index (χ1) is 16.4. The molecule has 0 amide bonds. The van der Waals surface area contributed by atoms with Gasteiger partial charge < -0.3 is 18.8 Å². The number of nitrogens with zero attached hydrogens (tertiary/aromatic N) is 3. The lowest BCUT2D eigenvalue weighted by molar-refractivity contribution is -0.138. The summed E-state index contributed by atoms with van der Waals surface area (Å²) in [5.41, 5.74) is 1.62. The largest absolute Gasteiger partial charge is 0.493 e. The molecule has 1 N–H and O–H groups in total. The van der Waals surface area contributed by atoms with Gasteiger partial charge in [0.1, 0.15) is 5.75 Å². The van der Waals surface area contributed by atoms with Crippen molar-refractivity contribution in [1.82, 2.24) is 14.0 Å². The van der Waals surface area contributed by atoms with Crippen molar-refractivity contribution in [3.05, 3.63) is 59.7 Å². The smallest absolute Gasteiger partial charge is 0.419 e. The minimum absolute atomic E-state index is 0.141. The second kappa shape index (κ2) is 12.1. The molecule has 0 unspecified atom stereocenters. The van der Waals surface area contributed by atoms with Crippen LogP contribution in [-0.4, -0.2) is 40.3 Å². The Morgan fingerprint density at radius 2 is 1.38 bits per heavy atom. The molecule has 0 spiro atoms. The Balaban J connectivity index is 1.66.